The van der Waals surface area contributed by atoms with Gasteiger partial charge in [0.25, 0.3) is 0 Å². The van der Waals surface area contributed by atoms with Crippen LogP contribution >= 0.6 is 11.8 Å². The Labute approximate surface area is 120 Å². The summed E-state index contributed by atoms with van der Waals surface area (Å²) in [6.45, 7) is 1.95. The number of hydrogen-bond donors (Lipinski definition) is 1. The third-order valence-electron chi connectivity index (χ3n) is 3.20. The Hall–Kier alpha value is -1.18. The highest BCUT2D eigenvalue weighted by molar-refractivity contribution is 7.99. The molecule has 0 heterocycles. The maximum absolute atomic E-state index is 9.04. The van der Waals surface area contributed by atoms with Crippen molar-refractivity contribution in [2.45, 2.75) is 36.6 Å². The van der Waals surface area contributed by atoms with Crippen LogP contribution in [0.5, 0.6) is 5.75 Å². The summed E-state index contributed by atoms with van der Waals surface area (Å²) in [6.07, 6.45) is 3.08. The Balaban J connectivity index is 2.22. The van der Waals surface area contributed by atoms with E-state index in [1.54, 1.807) is 7.11 Å². The molecule has 1 aromatic carbocycles. The maximum atomic E-state index is 9.04. The van der Waals surface area contributed by atoms with Crippen molar-refractivity contribution in [2.75, 3.05) is 19.9 Å². The van der Waals surface area contributed by atoms with E-state index < -0.39 is 0 Å². The van der Waals surface area contributed by atoms with E-state index in [0.29, 0.717) is 0 Å². The standard InChI is InChI=1S/C15H22N2OS/c1-15(12-16,17-2)10-4-5-11-19-14-8-6-13(18-3)7-9-14/h6-9,17H,4-5,10-11H2,1-3H3. The molecule has 0 radical (unpaired) electrons. The van der Waals surface area contributed by atoms with Crippen LogP contribution in [0.2, 0.25) is 0 Å². The number of unbranched alkanes of at least 4 members (excludes halogenated alkanes) is 1. The molecule has 104 valence electrons. The lowest BCUT2D eigenvalue weighted by atomic mass is 9.97. The van der Waals surface area contributed by atoms with Crippen molar-refractivity contribution < 1.29 is 4.74 Å². The zero-order valence-electron chi connectivity index (χ0n) is 11.9. The van der Waals surface area contributed by atoms with Crippen LogP contribution in [0.3, 0.4) is 0 Å². The molecule has 0 aromatic heterocycles. The number of rotatable bonds is 8. The Morgan fingerprint density at radius 2 is 2.00 bits per heavy atom. The highest BCUT2D eigenvalue weighted by Gasteiger charge is 2.19. The molecule has 1 N–H and O–H groups in total. The number of benzene rings is 1. The second-order valence-corrected chi connectivity index (χ2v) is 5.84. The first-order chi connectivity index (χ1) is 9.13. The molecule has 1 atom stereocenters. The first-order valence-electron chi connectivity index (χ1n) is 6.50. The monoisotopic (exact) mass is 278 g/mol. The van der Waals surface area contributed by atoms with Gasteiger partial charge in [-0.25, -0.2) is 0 Å². The summed E-state index contributed by atoms with van der Waals surface area (Å²) in [4.78, 5) is 1.26. The summed E-state index contributed by atoms with van der Waals surface area (Å²) in [5.41, 5.74) is -0.384. The number of nitrogens with one attached hydrogen (secondary N) is 1. The molecule has 0 bridgehead atoms. The molecule has 0 aliphatic rings. The Morgan fingerprint density at radius 3 is 2.53 bits per heavy atom. The smallest absolute Gasteiger partial charge is 0.118 e. The van der Waals surface area contributed by atoms with Gasteiger partial charge in [-0.3, -0.25) is 0 Å². The van der Waals surface area contributed by atoms with E-state index in [1.807, 2.05) is 37.9 Å². The molecule has 19 heavy (non-hydrogen) atoms. The Kier molecular flexibility index (Phi) is 6.75. The minimum Gasteiger partial charge on any atom is -0.497 e. The van der Waals surface area contributed by atoms with Crippen molar-refractivity contribution in [1.29, 1.82) is 5.26 Å². The molecule has 1 unspecified atom stereocenters. The van der Waals surface area contributed by atoms with Gasteiger partial charge in [0.1, 0.15) is 11.3 Å². The minimum absolute atomic E-state index is 0.384. The SMILES string of the molecule is CNC(C)(C#N)CCCCSc1ccc(OC)cc1. The molecule has 4 heteroatoms. The zero-order chi connectivity index (χ0) is 14.1. The quantitative estimate of drug-likeness (QED) is 0.584. The van der Waals surface area contributed by atoms with Crippen LogP contribution in [0.25, 0.3) is 0 Å². The van der Waals surface area contributed by atoms with E-state index in [0.717, 1.165) is 30.8 Å². The van der Waals surface area contributed by atoms with Crippen molar-refractivity contribution >= 4 is 11.8 Å². The van der Waals surface area contributed by atoms with Gasteiger partial charge < -0.3 is 10.1 Å². The fourth-order valence-electron chi connectivity index (χ4n) is 1.68. The van der Waals surface area contributed by atoms with Crippen LogP contribution in [-0.4, -0.2) is 25.4 Å². The summed E-state index contributed by atoms with van der Waals surface area (Å²) >= 11 is 1.85. The summed E-state index contributed by atoms with van der Waals surface area (Å²) in [6, 6.07) is 10.4. The van der Waals surface area contributed by atoms with Crippen molar-refractivity contribution in [3.8, 4) is 11.8 Å². The van der Waals surface area contributed by atoms with Gasteiger partial charge >= 0.3 is 0 Å². The number of ether oxygens (including phenoxy) is 1. The lowest BCUT2D eigenvalue weighted by Gasteiger charge is -2.20. The van der Waals surface area contributed by atoms with Crippen LogP contribution in [-0.2, 0) is 0 Å². The van der Waals surface area contributed by atoms with Gasteiger partial charge in [-0.2, -0.15) is 5.26 Å². The third-order valence-corrected chi connectivity index (χ3v) is 4.30. The Bertz CT molecular complexity index is 413. The number of hydrogen-bond acceptors (Lipinski definition) is 4. The zero-order valence-corrected chi connectivity index (χ0v) is 12.7. The normalized spacial score (nSPS) is 13.6. The van der Waals surface area contributed by atoms with E-state index >= 15 is 0 Å². The van der Waals surface area contributed by atoms with E-state index in [9.17, 15) is 0 Å². The number of nitriles is 1. The minimum atomic E-state index is -0.384. The summed E-state index contributed by atoms with van der Waals surface area (Å²) in [7, 11) is 3.52. The van der Waals surface area contributed by atoms with E-state index in [1.165, 1.54) is 4.90 Å². The fraction of sp³-hybridized carbons (Fsp3) is 0.533. The van der Waals surface area contributed by atoms with Gasteiger partial charge in [-0.1, -0.05) is 0 Å². The second kappa shape index (κ2) is 8.08. The number of thioether (sulfide) groups is 1. The largest absolute Gasteiger partial charge is 0.497 e. The van der Waals surface area contributed by atoms with Gasteiger partial charge in [-0.05, 0) is 63.3 Å². The predicted octanol–water partition coefficient (Wildman–Crippen LogP) is 3.46. The molecule has 3 nitrogen and oxygen atoms in total. The fourth-order valence-corrected chi connectivity index (χ4v) is 2.59. The van der Waals surface area contributed by atoms with Crippen LogP contribution in [0.1, 0.15) is 26.2 Å². The highest BCUT2D eigenvalue weighted by atomic mass is 32.2. The summed E-state index contributed by atoms with van der Waals surface area (Å²) in [5, 5.41) is 12.1. The molecular weight excluding hydrogens is 256 g/mol. The number of methoxy groups -OCH3 is 1. The second-order valence-electron chi connectivity index (χ2n) is 4.68. The topological polar surface area (TPSA) is 45.0 Å². The van der Waals surface area contributed by atoms with E-state index in [4.69, 9.17) is 10.00 Å². The van der Waals surface area contributed by atoms with Gasteiger partial charge in [0.15, 0.2) is 0 Å². The average molecular weight is 278 g/mol. The molecule has 0 aliphatic carbocycles. The van der Waals surface area contributed by atoms with Crippen LogP contribution in [0.4, 0.5) is 0 Å². The lowest BCUT2D eigenvalue weighted by molar-refractivity contribution is 0.414. The molecule has 0 spiro atoms. The molecular formula is C15H22N2OS. The molecule has 0 saturated heterocycles. The van der Waals surface area contributed by atoms with Gasteiger partial charge in [0.05, 0.1) is 13.2 Å². The van der Waals surface area contributed by atoms with Crippen molar-refractivity contribution in [2.24, 2.45) is 0 Å². The Morgan fingerprint density at radius 1 is 1.32 bits per heavy atom. The molecule has 1 rings (SSSR count). The van der Waals surface area contributed by atoms with Gasteiger partial charge in [0.2, 0.25) is 0 Å². The summed E-state index contributed by atoms with van der Waals surface area (Å²) in [5.74, 6) is 1.97. The van der Waals surface area contributed by atoms with Crippen LogP contribution in [0.15, 0.2) is 29.2 Å². The molecule has 0 aliphatic heterocycles. The van der Waals surface area contributed by atoms with Crippen LogP contribution in [0, 0.1) is 11.3 Å². The van der Waals surface area contributed by atoms with Crippen molar-refractivity contribution in [3.63, 3.8) is 0 Å². The molecule has 0 fully saturated rings. The lowest BCUT2D eigenvalue weighted by Crippen LogP contribution is -2.37. The average Bonchev–Trinajstić information content (AvgIpc) is 2.47. The highest BCUT2D eigenvalue weighted by Crippen LogP contribution is 2.23. The van der Waals surface area contributed by atoms with E-state index in [2.05, 4.69) is 23.5 Å². The van der Waals surface area contributed by atoms with Gasteiger partial charge in [-0.15, -0.1) is 11.8 Å². The first-order valence-corrected chi connectivity index (χ1v) is 7.49. The number of nitrogens with zero attached hydrogens (tertiary/aromatic N) is 1. The summed E-state index contributed by atoms with van der Waals surface area (Å²) < 4.78 is 5.13. The van der Waals surface area contributed by atoms with Gasteiger partial charge in [0, 0.05) is 4.90 Å². The molecule has 0 saturated carbocycles. The molecule has 0 amide bonds. The van der Waals surface area contributed by atoms with Crippen molar-refractivity contribution in [1.82, 2.24) is 5.32 Å². The van der Waals surface area contributed by atoms with E-state index in [-0.39, 0.29) is 5.54 Å². The van der Waals surface area contributed by atoms with Crippen molar-refractivity contribution in [3.05, 3.63) is 24.3 Å². The third kappa shape index (κ3) is 5.54. The maximum Gasteiger partial charge on any atom is 0.118 e. The first kappa shape index (κ1) is 15.9. The molecule has 1 aromatic rings. The predicted molar refractivity (Wildman–Crippen MR) is 80.6 cm³/mol. The van der Waals surface area contributed by atoms with Crippen LogP contribution < -0.4 is 10.1 Å².